The fraction of sp³-hybridized carbons (Fsp3) is 0.750. The molecule has 0 saturated heterocycles. The monoisotopic (exact) mass is 274 g/mol. The largest absolute Gasteiger partial charge is 0.481 e. The van der Waals surface area contributed by atoms with E-state index in [1.165, 1.54) is 0 Å². The molecule has 0 heterocycles. The Labute approximate surface area is 112 Å². The van der Waals surface area contributed by atoms with Crippen LogP contribution in [0, 0.1) is 5.92 Å². The standard InChI is InChI=1S/C12H22N2O5/c1-9(2)8-19-7-3-6-13-12(18)14-10(15)4-5-11(16)17/h9H,3-8H2,1-2H3,(H,16,17)(H2,13,14,15,18). The maximum atomic E-state index is 11.2. The number of hydrogen-bond acceptors (Lipinski definition) is 4. The molecule has 0 aromatic heterocycles. The van der Waals surface area contributed by atoms with Crippen molar-refractivity contribution in [2.45, 2.75) is 33.1 Å². The van der Waals surface area contributed by atoms with Gasteiger partial charge in [-0.15, -0.1) is 0 Å². The number of imide groups is 1. The molecule has 7 heteroatoms. The van der Waals surface area contributed by atoms with E-state index in [9.17, 15) is 14.4 Å². The van der Waals surface area contributed by atoms with Crippen molar-refractivity contribution in [3.8, 4) is 0 Å². The van der Waals surface area contributed by atoms with Crippen molar-refractivity contribution in [1.82, 2.24) is 10.6 Å². The summed E-state index contributed by atoms with van der Waals surface area (Å²) in [5.74, 6) is -1.20. The van der Waals surface area contributed by atoms with E-state index in [-0.39, 0.29) is 12.8 Å². The van der Waals surface area contributed by atoms with Crippen molar-refractivity contribution in [3.05, 3.63) is 0 Å². The number of rotatable bonds is 9. The predicted molar refractivity (Wildman–Crippen MR) is 68.7 cm³/mol. The summed E-state index contributed by atoms with van der Waals surface area (Å²) in [5, 5.41) is 12.9. The van der Waals surface area contributed by atoms with Crippen LogP contribution in [0.3, 0.4) is 0 Å². The number of urea groups is 1. The van der Waals surface area contributed by atoms with Gasteiger partial charge in [0.25, 0.3) is 0 Å². The summed E-state index contributed by atoms with van der Waals surface area (Å²) in [7, 11) is 0. The van der Waals surface area contributed by atoms with E-state index >= 15 is 0 Å². The quantitative estimate of drug-likeness (QED) is 0.538. The van der Waals surface area contributed by atoms with Crippen LogP contribution >= 0.6 is 0 Å². The minimum atomic E-state index is -1.07. The van der Waals surface area contributed by atoms with Crippen molar-refractivity contribution >= 4 is 17.9 Å². The van der Waals surface area contributed by atoms with Gasteiger partial charge in [-0.2, -0.15) is 0 Å². The Balaban J connectivity index is 3.48. The fourth-order valence-corrected chi connectivity index (χ4v) is 1.15. The third-order valence-electron chi connectivity index (χ3n) is 2.02. The van der Waals surface area contributed by atoms with Gasteiger partial charge in [-0.05, 0) is 12.3 Å². The molecule has 0 aliphatic carbocycles. The zero-order valence-corrected chi connectivity index (χ0v) is 11.4. The van der Waals surface area contributed by atoms with Crippen molar-refractivity contribution < 1.29 is 24.2 Å². The van der Waals surface area contributed by atoms with E-state index in [4.69, 9.17) is 9.84 Å². The molecule has 0 fully saturated rings. The van der Waals surface area contributed by atoms with E-state index in [1.54, 1.807) is 0 Å². The molecule has 0 aromatic rings. The molecule has 0 radical (unpaired) electrons. The first kappa shape index (κ1) is 17.4. The highest BCUT2D eigenvalue weighted by molar-refractivity contribution is 5.95. The van der Waals surface area contributed by atoms with Gasteiger partial charge < -0.3 is 15.2 Å². The first-order chi connectivity index (χ1) is 8.91. The van der Waals surface area contributed by atoms with Crippen LogP contribution in [0.5, 0.6) is 0 Å². The first-order valence-electron chi connectivity index (χ1n) is 6.29. The average Bonchev–Trinajstić information content (AvgIpc) is 2.30. The number of aliphatic carboxylic acids is 1. The van der Waals surface area contributed by atoms with Crippen molar-refractivity contribution in [3.63, 3.8) is 0 Å². The number of amides is 3. The summed E-state index contributed by atoms with van der Waals surface area (Å²) in [4.78, 5) is 32.5. The number of ether oxygens (including phenoxy) is 1. The molecule has 0 spiro atoms. The molecule has 0 saturated carbocycles. The molecule has 7 nitrogen and oxygen atoms in total. The summed E-state index contributed by atoms with van der Waals surface area (Å²) in [6.45, 7) is 5.73. The number of carbonyl (C=O) groups is 3. The van der Waals surface area contributed by atoms with E-state index in [0.717, 1.165) is 0 Å². The highest BCUT2D eigenvalue weighted by Gasteiger charge is 2.08. The molecule has 3 N–H and O–H groups in total. The maximum absolute atomic E-state index is 11.2. The van der Waals surface area contributed by atoms with Crippen LogP contribution in [0.2, 0.25) is 0 Å². The fourth-order valence-electron chi connectivity index (χ4n) is 1.15. The summed E-state index contributed by atoms with van der Waals surface area (Å²) in [6.07, 6.45) is 0.159. The van der Waals surface area contributed by atoms with Gasteiger partial charge in [0, 0.05) is 26.2 Å². The molecule has 0 rings (SSSR count). The second-order valence-electron chi connectivity index (χ2n) is 4.52. The Morgan fingerprint density at radius 3 is 2.47 bits per heavy atom. The lowest BCUT2D eigenvalue weighted by atomic mass is 10.2. The summed E-state index contributed by atoms with van der Waals surface area (Å²) in [6, 6.07) is -0.612. The van der Waals surface area contributed by atoms with Gasteiger partial charge in [0.2, 0.25) is 5.91 Å². The number of carbonyl (C=O) groups excluding carboxylic acids is 2. The lowest BCUT2D eigenvalue weighted by Gasteiger charge is -2.08. The van der Waals surface area contributed by atoms with Crippen LogP contribution in [0.4, 0.5) is 4.79 Å². The van der Waals surface area contributed by atoms with Gasteiger partial charge in [-0.25, -0.2) is 4.79 Å². The van der Waals surface area contributed by atoms with E-state index in [2.05, 4.69) is 24.5 Å². The lowest BCUT2D eigenvalue weighted by Crippen LogP contribution is -2.40. The average molecular weight is 274 g/mol. The number of carboxylic acids is 1. The molecular weight excluding hydrogens is 252 g/mol. The number of hydrogen-bond donors (Lipinski definition) is 3. The maximum Gasteiger partial charge on any atom is 0.321 e. The van der Waals surface area contributed by atoms with Gasteiger partial charge in [0.1, 0.15) is 0 Å². The predicted octanol–water partition coefficient (Wildman–Crippen LogP) is 0.740. The zero-order chi connectivity index (χ0) is 14.7. The molecule has 0 atom stereocenters. The molecule has 0 aromatic carbocycles. The van der Waals surface area contributed by atoms with Crippen molar-refractivity contribution in [2.75, 3.05) is 19.8 Å². The Kier molecular flexibility index (Phi) is 9.42. The third-order valence-corrected chi connectivity index (χ3v) is 2.02. The Morgan fingerprint density at radius 1 is 1.21 bits per heavy atom. The lowest BCUT2D eigenvalue weighted by molar-refractivity contribution is -0.138. The van der Waals surface area contributed by atoms with Crippen LogP contribution in [0.1, 0.15) is 33.1 Å². The molecular formula is C12H22N2O5. The highest BCUT2D eigenvalue weighted by atomic mass is 16.5. The Bertz CT molecular complexity index is 304. The van der Waals surface area contributed by atoms with Gasteiger partial charge in [-0.3, -0.25) is 14.9 Å². The zero-order valence-electron chi connectivity index (χ0n) is 11.4. The summed E-state index contributed by atoms with van der Waals surface area (Å²) in [5.41, 5.74) is 0. The summed E-state index contributed by atoms with van der Waals surface area (Å²) < 4.78 is 5.32. The Hall–Kier alpha value is -1.63. The molecule has 19 heavy (non-hydrogen) atoms. The third kappa shape index (κ3) is 12.6. The van der Waals surface area contributed by atoms with Gasteiger partial charge in [0.15, 0.2) is 0 Å². The molecule has 0 aliphatic heterocycles. The molecule has 0 bridgehead atoms. The van der Waals surface area contributed by atoms with E-state index in [0.29, 0.717) is 32.1 Å². The first-order valence-corrected chi connectivity index (χ1v) is 6.29. The minimum absolute atomic E-state index is 0.208. The number of carboxylic acid groups (broad SMARTS) is 1. The van der Waals surface area contributed by atoms with Crippen LogP contribution in [-0.2, 0) is 14.3 Å². The van der Waals surface area contributed by atoms with Gasteiger partial charge in [-0.1, -0.05) is 13.8 Å². The summed E-state index contributed by atoms with van der Waals surface area (Å²) >= 11 is 0. The van der Waals surface area contributed by atoms with Crippen LogP contribution in [0.25, 0.3) is 0 Å². The van der Waals surface area contributed by atoms with Crippen LogP contribution in [-0.4, -0.2) is 42.8 Å². The van der Waals surface area contributed by atoms with Gasteiger partial charge >= 0.3 is 12.0 Å². The SMILES string of the molecule is CC(C)COCCCNC(=O)NC(=O)CCC(=O)O. The smallest absolute Gasteiger partial charge is 0.321 e. The second kappa shape index (κ2) is 10.3. The second-order valence-corrected chi connectivity index (χ2v) is 4.52. The molecule has 3 amide bonds. The highest BCUT2D eigenvalue weighted by Crippen LogP contribution is 1.93. The molecule has 0 aliphatic rings. The minimum Gasteiger partial charge on any atom is -0.481 e. The molecule has 0 unspecified atom stereocenters. The number of nitrogens with one attached hydrogen (secondary N) is 2. The van der Waals surface area contributed by atoms with Crippen LogP contribution < -0.4 is 10.6 Å². The van der Waals surface area contributed by atoms with E-state index < -0.39 is 17.9 Å². The Morgan fingerprint density at radius 2 is 1.89 bits per heavy atom. The normalized spacial score (nSPS) is 10.3. The van der Waals surface area contributed by atoms with Crippen molar-refractivity contribution in [2.24, 2.45) is 5.92 Å². The molecule has 110 valence electrons. The van der Waals surface area contributed by atoms with Gasteiger partial charge in [0.05, 0.1) is 6.42 Å². The van der Waals surface area contributed by atoms with E-state index in [1.807, 2.05) is 0 Å². The van der Waals surface area contributed by atoms with Crippen LogP contribution in [0.15, 0.2) is 0 Å². The topological polar surface area (TPSA) is 105 Å². The van der Waals surface area contributed by atoms with Crippen molar-refractivity contribution in [1.29, 1.82) is 0 Å².